The number of carbonyl (C=O) groups is 1. The second-order valence-electron chi connectivity index (χ2n) is 6.07. The Kier molecular flexibility index (Phi) is 5.02. The average Bonchev–Trinajstić information content (AvgIpc) is 3.19. The van der Waals surface area contributed by atoms with Gasteiger partial charge in [-0.05, 0) is 17.7 Å². The number of aromatic nitrogens is 1. The van der Waals surface area contributed by atoms with E-state index in [-0.39, 0.29) is 12.0 Å². The van der Waals surface area contributed by atoms with Crippen LogP contribution in [0.4, 0.5) is 0 Å². The van der Waals surface area contributed by atoms with Crippen molar-refractivity contribution in [2.75, 3.05) is 19.7 Å². The quantitative estimate of drug-likeness (QED) is 0.658. The molecule has 1 amide bonds. The van der Waals surface area contributed by atoms with Gasteiger partial charge in [-0.15, -0.1) is 11.3 Å². The molecule has 1 unspecified atom stereocenters. The van der Waals surface area contributed by atoms with Crippen molar-refractivity contribution in [1.82, 2.24) is 9.88 Å². The molecule has 0 N–H and O–H groups in total. The van der Waals surface area contributed by atoms with Crippen molar-refractivity contribution >= 4 is 28.8 Å². The molecule has 2 aromatic carbocycles. The summed E-state index contributed by atoms with van der Waals surface area (Å²) < 4.78 is 5.84. The zero-order chi connectivity index (χ0) is 17.9. The van der Waals surface area contributed by atoms with E-state index in [1.165, 1.54) is 11.3 Å². The normalized spacial score (nSPS) is 17.3. The van der Waals surface area contributed by atoms with Crippen LogP contribution in [-0.2, 0) is 4.74 Å². The van der Waals surface area contributed by atoms with Crippen LogP contribution in [0, 0.1) is 0 Å². The van der Waals surface area contributed by atoms with E-state index in [1.807, 2.05) is 64.9 Å². The van der Waals surface area contributed by atoms with Crippen LogP contribution in [-0.4, -0.2) is 35.5 Å². The van der Waals surface area contributed by atoms with E-state index in [0.29, 0.717) is 30.4 Å². The fraction of sp³-hybridized carbons (Fsp3) is 0.200. The van der Waals surface area contributed by atoms with E-state index < -0.39 is 0 Å². The number of hydrogen-bond acceptors (Lipinski definition) is 4. The van der Waals surface area contributed by atoms with Crippen molar-refractivity contribution in [2.24, 2.45) is 0 Å². The maximum atomic E-state index is 12.9. The molecule has 0 aliphatic carbocycles. The Bertz CT molecular complexity index is 896. The summed E-state index contributed by atoms with van der Waals surface area (Å²) in [6.45, 7) is 1.64. The molecule has 1 fully saturated rings. The SMILES string of the molecule is O=C(c1csc(-c2ccc(Cl)cc2)n1)N1CCOC(c2ccccc2)C1. The molecule has 4 nitrogen and oxygen atoms in total. The van der Waals surface area contributed by atoms with Crippen molar-refractivity contribution in [2.45, 2.75) is 6.10 Å². The first-order valence-corrected chi connectivity index (χ1v) is 9.64. The van der Waals surface area contributed by atoms with Gasteiger partial charge in [-0.1, -0.05) is 54.1 Å². The Morgan fingerprint density at radius 3 is 2.69 bits per heavy atom. The Morgan fingerprint density at radius 1 is 1.15 bits per heavy atom. The molecule has 1 atom stereocenters. The van der Waals surface area contributed by atoms with Gasteiger partial charge < -0.3 is 9.64 Å². The number of halogens is 1. The number of nitrogens with zero attached hydrogens (tertiary/aromatic N) is 2. The Labute approximate surface area is 161 Å². The van der Waals surface area contributed by atoms with Gasteiger partial charge >= 0.3 is 0 Å². The molecular formula is C20H17ClN2O2S. The van der Waals surface area contributed by atoms with Crippen LogP contribution in [0.3, 0.4) is 0 Å². The number of amides is 1. The largest absolute Gasteiger partial charge is 0.370 e. The molecule has 26 heavy (non-hydrogen) atoms. The van der Waals surface area contributed by atoms with Gasteiger partial charge in [0.25, 0.3) is 5.91 Å². The summed E-state index contributed by atoms with van der Waals surface area (Å²) >= 11 is 7.40. The van der Waals surface area contributed by atoms with Gasteiger partial charge in [-0.3, -0.25) is 4.79 Å². The van der Waals surface area contributed by atoms with Crippen molar-refractivity contribution in [1.29, 1.82) is 0 Å². The Balaban J connectivity index is 1.50. The van der Waals surface area contributed by atoms with Gasteiger partial charge in [0.15, 0.2) is 0 Å². The van der Waals surface area contributed by atoms with Gasteiger partial charge in [-0.25, -0.2) is 4.98 Å². The van der Waals surface area contributed by atoms with Crippen molar-refractivity contribution in [3.05, 3.63) is 76.3 Å². The lowest BCUT2D eigenvalue weighted by molar-refractivity contribution is -0.0229. The minimum absolute atomic E-state index is 0.0503. The third-order valence-electron chi connectivity index (χ3n) is 4.34. The van der Waals surface area contributed by atoms with Crippen molar-refractivity contribution in [3.63, 3.8) is 0 Å². The molecule has 1 saturated heterocycles. The van der Waals surface area contributed by atoms with Gasteiger partial charge in [0.2, 0.25) is 0 Å². The highest BCUT2D eigenvalue weighted by Crippen LogP contribution is 2.27. The maximum absolute atomic E-state index is 12.9. The summed E-state index contributed by atoms with van der Waals surface area (Å²) in [5.74, 6) is -0.0503. The Morgan fingerprint density at radius 2 is 1.92 bits per heavy atom. The highest BCUT2D eigenvalue weighted by molar-refractivity contribution is 7.13. The second-order valence-corrected chi connectivity index (χ2v) is 7.36. The molecule has 1 aliphatic heterocycles. The molecule has 132 valence electrons. The molecule has 0 radical (unpaired) electrons. The predicted molar refractivity (Wildman–Crippen MR) is 104 cm³/mol. The van der Waals surface area contributed by atoms with Gasteiger partial charge in [0, 0.05) is 22.5 Å². The molecule has 1 aliphatic rings. The molecule has 0 bridgehead atoms. The number of rotatable bonds is 3. The molecule has 1 aromatic heterocycles. The number of ether oxygens (including phenoxy) is 1. The van der Waals surface area contributed by atoms with Crippen molar-refractivity contribution in [3.8, 4) is 10.6 Å². The zero-order valence-electron chi connectivity index (χ0n) is 14.0. The predicted octanol–water partition coefficient (Wildman–Crippen LogP) is 4.68. The number of carbonyl (C=O) groups excluding carboxylic acids is 1. The lowest BCUT2D eigenvalue weighted by atomic mass is 10.1. The standard InChI is InChI=1S/C20H17ClN2O2S/c21-16-8-6-15(7-9-16)19-22-17(13-26-19)20(24)23-10-11-25-18(12-23)14-4-2-1-3-5-14/h1-9,13,18H,10-12H2. The monoisotopic (exact) mass is 384 g/mol. The van der Waals surface area contributed by atoms with E-state index >= 15 is 0 Å². The molecule has 4 rings (SSSR count). The van der Waals surface area contributed by atoms with Crippen LogP contribution in [0.15, 0.2) is 60.0 Å². The number of morpholine rings is 1. The smallest absolute Gasteiger partial charge is 0.273 e. The number of hydrogen-bond donors (Lipinski definition) is 0. The summed E-state index contributed by atoms with van der Waals surface area (Å²) in [6, 6.07) is 17.5. The number of benzene rings is 2. The summed E-state index contributed by atoms with van der Waals surface area (Å²) in [5, 5.41) is 3.32. The summed E-state index contributed by atoms with van der Waals surface area (Å²) in [4.78, 5) is 19.2. The third-order valence-corrected chi connectivity index (χ3v) is 5.48. The summed E-state index contributed by atoms with van der Waals surface area (Å²) in [6.07, 6.45) is -0.0942. The van der Waals surface area contributed by atoms with E-state index in [0.717, 1.165) is 16.1 Å². The first kappa shape index (κ1) is 17.2. The summed E-state index contributed by atoms with van der Waals surface area (Å²) in [7, 11) is 0. The highest BCUT2D eigenvalue weighted by atomic mass is 35.5. The van der Waals surface area contributed by atoms with E-state index in [1.54, 1.807) is 0 Å². The molecule has 6 heteroatoms. The van der Waals surface area contributed by atoms with Gasteiger partial charge in [0.05, 0.1) is 13.2 Å². The van der Waals surface area contributed by atoms with Crippen LogP contribution < -0.4 is 0 Å². The molecule has 0 spiro atoms. The molecule has 2 heterocycles. The molecule has 3 aromatic rings. The van der Waals surface area contributed by atoms with Crippen LogP contribution >= 0.6 is 22.9 Å². The first-order valence-electron chi connectivity index (χ1n) is 8.38. The van der Waals surface area contributed by atoms with Crippen LogP contribution in [0.1, 0.15) is 22.2 Å². The average molecular weight is 385 g/mol. The lowest BCUT2D eigenvalue weighted by Crippen LogP contribution is -2.42. The maximum Gasteiger partial charge on any atom is 0.273 e. The summed E-state index contributed by atoms with van der Waals surface area (Å²) in [5.41, 5.74) is 2.53. The second kappa shape index (κ2) is 7.58. The van der Waals surface area contributed by atoms with Crippen molar-refractivity contribution < 1.29 is 9.53 Å². The highest BCUT2D eigenvalue weighted by Gasteiger charge is 2.27. The fourth-order valence-corrected chi connectivity index (χ4v) is 3.89. The minimum Gasteiger partial charge on any atom is -0.370 e. The third kappa shape index (κ3) is 3.65. The van der Waals surface area contributed by atoms with E-state index in [9.17, 15) is 4.79 Å². The van der Waals surface area contributed by atoms with Gasteiger partial charge in [0.1, 0.15) is 16.8 Å². The minimum atomic E-state index is -0.0942. The van der Waals surface area contributed by atoms with E-state index in [2.05, 4.69) is 4.98 Å². The van der Waals surface area contributed by atoms with Gasteiger partial charge in [-0.2, -0.15) is 0 Å². The Hall–Kier alpha value is -2.21. The zero-order valence-corrected chi connectivity index (χ0v) is 15.5. The van der Waals surface area contributed by atoms with E-state index in [4.69, 9.17) is 16.3 Å². The number of thiazole rings is 1. The topological polar surface area (TPSA) is 42.4 Å². The molecule has 0 saturated carbocycles. The van der Waals surface area contributed by atoms with Crippen LogP contribution in [0.25, 0.3) is 10.6 Å². The van der Waals surface area contributed by atoms with Crippen LogP contribution in [0.5, 0.6) is 0 Å². The first-order chi connectivity index (χ1) is 12.7. The van der Waals surface area contributed by atoms with Crippen LogP contribution in [0.2, 0.25) is 5.02 Å². The lowest BCUT2D eigenvalue weighted by Gasteiger charge is -2.32. The molecular weight excluding hydrogens is 368 g/mol. The fourth-order valence-electron chi connectivity index (χ4n) is 2.96.